The maximum absolute atomic E-state index is 5.88. The average molecular weight is 248 g/mol. The summed E-state index contributed by atoms with van der Waals surface area (Å²) in [5, 5.41) is 3.40. The van der Waals surface area contributed by atoms with E-state index in [9.17, 15) is 0 Å². The highest BCUT2D eigenvalue weighted by molar-refractivity contribution is 5.44. The van der Waals surface area contributed by atoms with Crippen LogP contribution in [0.3, 0.4) is 0 Å². The van der Waals surface area contributed by atoms with Crippen LogP contribution in [0.2, 0.25) is 0 Å². The maximum atomic E-state index is 5.88. The zero-order chi connectivity index (χ0) is 12.5. The Balaban J connectivity index is 1.81. The second kappa shape index (κ2) is 4.78. The van der Waals surface area contributed by atoms with Gasteiger partial charge < -0.3 is 20.5 Å². The summed E-state index contributed by atoms with van der Waals surface area (Å²) in [6.45, 7) is 1.27. The fraction of sp³-hybridized carbons (Fsp3) is 0.571. The zero-order valence-electron chi connectivity index (χ0n) is 10.7. The Labute approximate surface area is 107 Å². The highest BCUT2D eigenvalue weighted by Crippen LogP contribution is 2.40. The molecule has 1 atom stereocenters. The molecule has 98 valence electrons. The molecule has 18 heavy (non-hydrogen) atoms. The third kappa shape index (κ3) is 2.06. The number of nitrogens with two attached hydrogens (primary N) is 1. The van der Waals surface area contributed by atoms with Gasteiger partial charge in [0.1, 0.15) is 13.2 Å². The molecule has 2 aliphatic rings. The van der Waals surface area contributed by atoms with Gasteiger partial charge in [0, 0.05) is 12.1 Å². The van der Waals surface area contributed by atoms with Crippen molar-refractivity contribution in [1.82, 2.24) is 5.32 Å². The Hall–Kier alpha value is -1.26. The van der Waals surface area contributed by atoms with Crippen LogP contribution in [0, 0.1) is 5.92 Å². The van der Waals surface area contributed by atoms with Gasteiger partial charge in [-0.1, -0.05) is 6.07 Å². The third-order valence-electron chi connectivity index (χ3n) is 3.92. The molecule has 4 heteroatoms. The molecule has 1 saturated carbocycles. The molecular formula is C14H20N2O2. The van der Waals surface area contributed by atoms with E-state index in [4.69, 9.17) is 15.2 Å². The molecule has 0 saturated heterocycles. The Morgan fingerprint density at radius 3 is 2.61 bits per heavy atom. The molecule has 3 rings (SSSR count). The van der Waals surface area contributed by atoms with E-state index in [0.717, 1.165) is 24.3 Å². The molecule has 1 heterocycles. The smallest absolute Gasteiger partial charge is 0.161 e. The largest absolute Gasteiger partial charge is 0.486 e. The standard InChI is InChI=1S/C14H20N2O2/c1-16-14(10-6-11(15)7-10)9-2-3-12-13(8-9)18-5-4-17-12/h2-3,8,10-11,14,16H,4-7,15H2,1H3. The summed E-state index contributed by atoms with van der Waals surface area (Å²) in [7, 11) is 2.01. The van der Waals surface area contributed by atoms with Gasteiger partial charge in [-0.05, 0) is 43.5 Å². The Kier molecular flexibility index (Phi) is 3.14. The van der Waals surface area contributed by atoms with Gasteiger partial charge >= 0.3 is 0 Å². The number of benzene rings is 1. The van der Waals surface area contributed by atoms with Gasteiger partial charge in [0.15, 0.2) is 11.5 Å². The first-order chi connectivity index (χ1) is 8.78. The minimum absolute atomic E-state index is 0.362. The molecule has 1 aliphatic heterocycles. The van der Waals surface area contributed by atoms with Crippen LogP contribution < -0.4 is 20.5 Å². The van der Waals surface area contributed by atoms with Gasteiger partial charge in [0.25, 0.3) is 0 Å². The highest BCUT2D eigenvalue weighted by atomic mass is 16.6. The van der Waals surface area contributed by atoms with Crippen molar-refractivity contribution in [1.29, 1.82) is 0 Å². The lowest BCUT2D eigenvalue weighted by atomic mass is 9.74. The van der Waals surface area contributed by atoms with Crippen molar-refractivity contribution in [3.8, 4) is 11.5 Å². The molecular weight excluding hydrogens is 228 g/mol. The molecule has 1 aromatic carbocycles. The summed E-state index contributed by atoms with van der Waals surface area (Å²) >= 11 is 0. The summed E-state index contributed by atoms with van der Waals surface area (Å²) < 4.78 is 11.2. The molecule has 0 amide bonds. The quantitative estimate of drug-likeness (QED) is 0.850. The summed E-state index contributed by atoms with van der Waals surface area (Å²) in [6.07, 6.45) is 2.19. The van der Waals surface area contributed by atoms with Crippen molar-refractivity contribution in [3.05, 3.63) is 23.8 Å². The van der Waals surface area contributed by atoms with Crippen LogP contribution in [0.1, 0.15) is 24.4 Å². The van der Waals surface area contributed by atoms with E-state index in [0.29, 0.717) is 31.2 Å². The third-order valence-corrected chi connectivity index (χ3v) is 3.92. The summed E-state index contributed by atoms with van der Waals surface area (Å²) in [6, 6.07) is 6.97. The number of ether oxygens (including phenoxy) is 2. The summed E-state index contributed by atoms with van der Waals surface area (Å²) in [4.78, 5) is 0. The lowest BCUT2D eigenvalue weighted by Gasteiger charge is -2.38. The van der Waals surface area contributed by atoms with Crippen molar-refractivity contribution in [2.75, 3.05) is 20.3 Å². The Morgan fingerprint density at radius 1 is 1.22 bits per heavy atom. The summed E-state index contributed by atoms with van der Waals surface area (Å²) in [5.41, 5.74) is 7.14. The van der Waals surface area contributed by atoms with Gasteiger partial charge in [0.05, 0.1) is 0 Å². The van der Waals surface area contributed by atoms with Gasteiger partial charge in [-0.2, -0.15) is 0 Å². The Bertz CT molecular complexity index is 430. The van der Waals surface area contributed by atoms with E-state index >= 15 is 0 Å². The van der Waals surface area contributed by atoms with E-state index in [1.807, 2.05) is 13.1 Å². The second-order valence-corrected chi connectivity index (χ2v) is 5.16. The maximum Gasteiger partial charge on any atom is 0.161 e. The molecule has 1 aliphatic carbocycles. The lowest BCUT2D eigenvalue weighted by molar-refractivity contribution is 0.170. The number of hydrogen-bond acceptors (Lipinski definition) is 4. The first kappa shape index (κ1) is 11.8. The average Bonchev–Trinajstić information content (AvgIpc) is 2.37. The van der Waals surface area contributed by atoms with Crippen LogP contribution in [0.5, 0.6) is 11.5 Å². The fourth-order valence-corrected chi connectivity index (χ4v) is 2.91. The molecule has 1 unspecified atom stereocenters. The SMILES string of the molecule is CNC(c1ccc2c(c1)OCCO2)C1CC(N)C1. The van der Waals surface area contributed by atoms with Gasteiger partial charge in [0.2, 0.25) is 0 Å². The van der Waals surface area contributed by atoms with Crippen LogP contribution in [-0.2, 0) is 0 Å². The first-order valence-corrected chi connectivity index (χ1v) is 6.60. The van der Waals surface area contributed by atoms with E-state index in [2.05, 4.69) is 17.4 Å². The second-order valence-electron chi connectivity index (χ2n) is 5.16. The number of fused-ring (bicyclic) bond motifs is 1. The monoisotopic (exact) mass is 248 g/mol. The van der Waals surface area contributed by atoms with E-state index in [1.165, 1.54) is 5.56 Å². The molecule has 1 aromatic rings. The Morgan fingerprint density at radius 2 is 1.94 bits per heavy atom. The molecule has 1 fully saturated rings. The van der Waals surface area contributed by atoms with E-state index < -0.39 is 0 Å². The van der Waals surface area contributed by atoms with Crippen LogP contribution in [-0.4, -0.2) is 26.3 Å². The topological polar surface area (TPSA) is 56.5 Å². The summed E-state index contributed by atoms with van der Waals surface area (Å²) in [5.74, 6) is 2.35. The van der Waals surface area contributed by atoms with Crippen molar-refractivity contribution in [2.45, 2.75) is 24.9 Å². The normalized spacial score (nSPS) is 27.4. The van der Waals surface area contributed by atoms with Crippen molar-refractivity contribution >= 4 is 0 Å². The molecule has 0 spiro atoms. The molecule has 0 bridgehead atoms. The first-order valence-electron chi connectivity index (χ1n) is 6.60. The van der Waals surface area contributed by atoms with Crippen LogP contribution >= 0.6 is 0 Å². The predicted molar refractivity (Wildman–Crippen MR) is 69.9 cm³/mol. The van der Waals surface area contributed by atoms with Gasteiger partial charge in [-0.15, -0.1) is 0 Å². The van der Waals surface area contributed by atoms with Crippen LogP contribution in [0.4, 0.5) is 0 Å². The lowest BCUT2D eigenvalue weighted by Crippen LogP contribution is -2.42. The number of nitrogens with one attached hydrogen (secondary N) is 1. The molecule has 3 N–H and O–H groups in total. The van der Waals surface area contributed by atoms with Gasteiger partial charge in [-0.25, -0.2) is 0 Å². The highest BCUT2D eigenvalue weighted by Gasteiger charge is 2.33. The molecule has 0 aromatic heterocycles. The predicted octanol–water partition coefficient (Wildman–Crippen LogP) is 1.46. The zero-order valence-corrected chi connectivity index (χ0v) is 10.7. The van der Waals surface area contributed by atoms with E-state index in [-0.39, 0.29) is 0 Å². The number of hydrogen-bond donors (Lipinski definition) is 2. The molecule has 4 nitrogen and oxygen atoms in total. The van der Waals surface area contributed by atoms with E-state index in [1.54, 1.807) is 0 Å². The molecule has 0 radical (unpaired) electrons. The van der Waals surface area contributed by atoms with Crippen molar-refractivity contribution in [2.24, 2.45) is 11.7 Å². The minimum atomic E-state index is 0.362. The van der Waals surface area contributed by atoms with Crippen molar-refractivity contribution < 1.29 is 9.47 Å². The van der Waals surface area contributed by atoms with Crippen molar-refractivity contribution in [3.63, 3.8) is 0 Å². The van der Waals surface area contributed by atoms with Crippen LogP contribution in [0.25, 0.3) is 0 Å². The minimum Gasteiger partial charge on any atom is -0.486 e. The number of rotatable bonds is 3. The fourth-order valence-electron chi connectivity index (χ4n) is 2.91. The van der Waals surface area contributed by atoms with Crippen LogP contribution in [0.15, 0.2) is 18.2 Å². The van der Waals surface area contributed by atoms with Gasteiger partial charge in [-0.3, -0.25) is 0 Å².